The van der Waals surface area contributed by atoms with Gasteiger partial charge in [-0.15, -0.1) is 0 Å². The number of thioether (sulfide) groups is 1. The number of carbonyl (C=O) groups excluding carboxylic acids is 2. The number of aliphatic imine (C=N–C) groups is 1. The minimum atomic E-state index is -0.452. The SMILES string of the molecule is COC(=O)COc1ccc(C=C2SC(=Nc3ccccc3)N(Cc3ccc(OC)cc3)C2=O)cc1. The predicted octanol–water partition coefficient (Wildman–Crippen LogP) is 5.05. The highest BCUT2D eigenvalue weighted by atomic mass is 32.2. The molecule has 1 aliphatic heterocycles. The summed E-state index contributed by atoms with van der Waals surface area (Å²) in [6, 6.07) is 24.3. The standard InChI is InChI=1S/C27H24N2O5S/c1-32-22-12-10-20(11-13-22)17-29-26(31)24(35-27(29)28-21-6-4-3-5-7-21)16-19-8-14-23(15-9-19)34-18-25(30)33-2/h3-16H,17-18H2,1-2H3. The molecule has 0 saturated carbocycles. The van der Waals surface area contributed by atoms with Gasteiger partial charge < -0.3 is 14.2 Å². The van der Waals surface area contributed by atoms with Gasteiger partial charge in [-0.2, -0.15) is 0 Å². The first-order chi connectivity index (χ1) is 17.1. The van der Waals surface area contributed by atoms with Gasteiger partial charge in [0.1, 0.15) is 11.5 Å². The lowest BCUT2D eigenvalue weighted by atomic mass is 10.2. The van der Waals surface area contributed by atoms with Crippen molar-refractivity contribution in [3.05, 3.63) is 94.9 Å². The number of amidine groups is 1. The van der Waals surface area contributed by atoms with Crippen molar-refractivity contribution in [2.75, 3.05) is 20.8 Å². The molecule has 4 rings (SSSR count). The van der Waals surface area contributed by atoms with Crippen LogP contribution in [0, 0.1) is 0 Å². The molecule has 0 unspecified atom stereocenters. The van der Waals surface area contributed by atoms with Gasteiger partial charge in [0.15, 0.2) is 11.8 Å². The molecule has 3 aromatic rings. The van der Waals surface area contributed by atoms with Crippen molar-refractivity contribution in [3.63, 3.8) is 0 Å². The lowest BCUT2D eigenvalue weighted by Gasteiger charge is -2.16. The van der Waals surface area contributed by atoms with Crippen LogP contribution >= 0.6 is 11.8 Å². The highest BCUT2D eigenvalue weighted by Crippen LogP contribution is 2.35. The number of ether oxygens (including phenoxy) is 3. The van der Waals surface area contributed by atoms with Crippen molar-refractivity contribution >= 4 is 40.6 Å². The number of carbonyl (C=O) groups is 2. The van der Waals surface area contributed by atoms with Crippen LogP contribution in [0.4, 0.5) is 5.69 Å². The molecule has 8 heteroatoms. The monoisotopic (exact) mass is 488 g/mol. The van der Waals surface area contributed by atoms with Crippen LogP contribution in [0.3, 0.4) is 0 Å². The van der Waals surface area contributed by atoms with E-state index in [1.165, 1.54) is 18.9 Å². The molecule has 35 heavy (non-hydrogen) atoms. The topological polar surface area (TPSA) is 77.4 Å². The summed E-state index contributed by atoms with van der Waals surface area (Å²) in [5.74, 6) is 0.724. The summed E-state index contributed by atoms with van der Waals surface area (Å²) in [6.07, 6.45) is 1.83. The summed E-state index contributed by atoms with van der Waals surface area (Å²) < 4.78 is 15.2. The lowest BCUT2D eigenvalue weighted by Crippen LogP contribution is -2.28. The van der Waals surface area contributed by atoms with E-state index in [0.29, 0.717) is 22.4 Å². The van der Waals surface area contributed by atoms with Crippen LogP contribution in [0.5, 0.6) is 11.5 Å². The van der Waals surface area contributed by atoms with E-state index in [-0.39, 0.29) is 12.5 Å². The maximum Gasteiger partial charge on any atom is 0.343 e. The summed E-state index contributed by atoms with van der Waals surface area (Å²) in [7, 11) is 2.93. The average Bonchev–Trinajstić information content (AvgIpc) is 3.17. The van der Waals surface area contributed by atoms with Gasteiger partial charge in [0.2, 0.25) is 0 Å². The van der Waals surface area contributed by atoms with Crippen molar-refractivity contribution in [2.24, 2.45) is 4.99 Å². The number of amides is 1. The zero-order valence-electron chi connectivity index (χ0n) is 19.3. The van der Waals surface area contributed by atoms with Gasteiger partial charge >= 0.3 is 5.97 Å². The van der Waals surface area contributed by atoms with Crippen molar-refractivity contribution < 1.29 is 23.8 Å². The fraction of sp³-hybridized carbons (Fsp3) is 0.148. The third kappa shape index (κ3) is 6.30. The Bertz CT molecular complexity index is 1240. The Kier molecular flexibility index (Phi) is 7.84. The largest absolute Gasteiger partial charge is 0.497 e. The van der Waals surface area contributed by atoms with Crippen molar-refractivity contribution in [2.45, 2.75) is 6.54 Å². The molecule has 0 aliphatic carbocycles. The van der Waals surface area contributed by atoms with Gasteiger partial charge in [0, 0.05) is 0 Å². The molecule has 1 fully saturated rings. The number of hydrogen-bond acceptors (Lipinski definition) is 7. The van der Waals surface area contributed by atoms with Crippen LogP contribution in [0.25, 0.3) is 6.08 Å². The molecule has 0 spiro atoms. The molecular weight excluding hydrogens is 464 g/mol. The Labute approximate surface area is 208 Å². The number of rotatable bonds is 8. The van der Waals surface area contributed by atoms with Crippen LogP contribution in [0.15, 0.2) is 88.8 Å². The highest BCUT2D eigenvalue weighted by Gasteiger charge is 2.33. The molecular formula is C27H24N2O5S. The van der Waals surface area contributed by atoms with E-state index in [9.17, 15) is 9.59 Å². The van der Waals surface area contributed by atoms with Crippen LogP contribution < -0.4 is 9.47 Å². The normalized spacial score (nSPS) is 15.5. The zero-order chi connectivity index (χ0) is 24.6. The third-order valence-corrected chi connectivity index (χ3v) is 6.14. The Morgan fingerprint density at radius 1 is 0.943 bits per heavy atom. The molecule has 0 radical (unpaired) electrons. The minimum Gasteiger partial charge on any atom is -0.497 e. The highest BCUT2D eigenvalue weighted by molar-refractivity contribution is 8.18. The summed E-state index contributed by atoms with van der Waals surface area (Å²) in [5.41, 5.74) is 2.57. The van der Waals surface area contributed by atoms with Gasteiger partial charge in [-0.3, -0.25) is 9.69 Å². The Morgan fingerprint density at radius 2 is 1.63 bits per heavy atom. The number of nitrogens with zero attached hydrogens (tertiary/aromatic N) is 2. The van der Waals surface area contributed by atoms with Crippen molar-refractivity contribution in [1.29, 1.82) is 0 Å². The maximum atomic E-state index is 13.4. The lowest BCUT2D eigenvalue weighted by molar-refractivity contribution is -0.142. The first-order valence-corrected chi connectivity index (χ1v) is 11.6. The van der Waals surface area contributed by atoms with Gasteiger partial charge in [0.25, 0.3) is 5.91 Å². The zero-order valence-corrected chi connectivity index (χ0v) is 20.2. The smallest absolute Gasteiger partial charge is 0.343 e. The van der Waals surface area contributed by atoms with E-state index in [1.54, 1.807) is 24.1 Å². The van der Waals surface area contributed by atoms with E-state index >= 15 is 0 Å². The first kappa shape index (κ1) is 24.1. The molecule has 3 aromatic carbocycles. The second-order valence-electron chi connectivity index (χ2n) is 7.51. The fourth-order valence-electron chi connectivity index (χ4n) is 3.27. The molecule has 0 N–H and O–H groups in total. The second kappa shape index (κ2) is 11.4. The van der Waals surface area contributed by atoms with Crippen molar-refractivity contribution in [3.8, 4) is 11.5 Å². The van der Waals surface area contributed by atoms with Gasteiger partial charge in [-0.25, -0.2) is 9.79 Å². The molecule has 7 nitrogen and oxygen atoms in total. The Morgan fingerprint density at radius 3 is 2.29 bits per heavy atom. The summed E-state index contributed by atoms with van der Waals surface area (Å²) in [4.78, 5) is 31.6. The average molecular weight is 489 g/mol. The number of benzene rings is 3. The molecule has 0 atom stereocenters. The Hall–Kier alpha value is -4.04. The number of esters is 1. The number of para-hydroxylation sites is 1. The molecule has 0 bridgehead atoms. The van der Waals surface area contributed by atoms with Crippen LogP contribution in [0.2, 0.25) is 0 Å². The first-order valence-electron chi connectivity index (χ1n) is 10.8. The van der Waals surface area contributed by atoms with E-state index in [1.807, 2.05) is 72.8 Å². The minimum absolute atomic E-state index is 0.119. The fourth-order valence-corrected chi connectivity index (χ4v) is 4.27. The van der Waals surface area contributed by atoms with Crippen molar-refractivity contribution in [1.82, 2.24) is 4.90 Å². The van der Waals surface area contributed by atoms with Crippen LogP contribution in [-0.2, 0) is 20.9 Å². The molecule has 1 aliphatic rings. The van der Waals surface area contributed by atoms with Gasteiger partial charge in [0.05, 0.1) is 31.4 Å². The van der Waals surface area contributed by atoms with E-state index in [2.05, 4.69) is 4.74 Å². The van der Waals surface area contributed by atoms with Gasteiger partial charge in [-0.1, -0.05) is 42.5 Å². The molecule has 178 valence electrons. The number of hydrogen-bond donors (Lipinski definition) is 0. The molecule has 0 aromatic heterocycles. The summed E-state index contributed by atoms with van der Waals surface area (Å²) in [5, 5.41) is 0.612. The molecule has 1 saturated heterocycles. The molecule has 1 amide bonds. The van der Waals surface area contributed by atoms with Crippen LogP contribution in [-0.4, -0.2) is 42.8 Å². The number of methoxy groups -OCH3 is 2. The summed E-state index contributed by atoms with van der Waals surface area (Å²) >= 11 is 1.34. The second-order valence-corrected chi connectivity index (χ2v) is 8.52. The van der Waals surface area contributed by atoms with E-state index in [0.717, 1.165) is 22.6 Å². The predicted molar refractivity (Wildman–Crippen MR) is 137 cm³/mol. The third-order valence-electron chi connectivity index (χ3n) is 5.13. The summed E-state index contributed by atoms with van der Waals surface area (Å²) in [6.45, 7) is 0.226. The Balaban J connectivity index is 1.57. The van der Waals surface area contributed by atoms with E-state index in [4.69, 9.17) is 14.5 Å². The maximum absolute atomic E-state index is 13.4. The molecule has 1 heterocycles. The quantitative estimate of drug-likeness (QED) is 0.326. The van der Waals surface area contributed by atoms with E-state index < -0.39 is 5.97 Å². The van der Waals surface area contributed by atoms with Gasteiger partial charge in [-0.05, 0) is 65.4 Å². The van der Waals surface area contributed by atoms with Crippen LogP contribution in [0.1, 0.15) is 11.1 Å².